The Labute approximate surface area is 188 Å². The van der Waals surface area contributed by atoms with Crippen LogP contribution in [0, 0.1) is 35.5 Å². The second-order valence-corrected chi connectivity index (χ2v) is 7.65. The van der Waals surface area contributed by atoms with Crippen LogP contribution in [-0.4, -0.2) is 22.1 Å². The maximum Gasteiger partial charge on any atom is 0.430 e. The van der Waals surface area contributed by atoms with Crippen LogP contribution in [0.15, 0.2) is 53.0 Å². The van der Waals surface area contributed by atoms with Crippen LogP contribution < -0.4 is 0 Å². The van der Waals surface area contributed by atoms with E-state index in [1.807, 2.05) is 6.07 Å². The molecule has 0 fully saturated rings. The summed E-state index contributed by atoms with van der Waals surface area (Å²) < 4.78 is 80.6. The Balaban J connectivity index is 1.97. The van der Waals surface area contributed by atoms with Crippen LogP contribution in [-0.2, 0) is 6.18 Å². The van der Waals surface area contributed by atoms with Crippen LogP contribution in [0.25, 0.3) is 16.6 Å². The molecule has 5 nitrogen and oxygen atoms in total. The summed E-state index contributed by atoms with van der Waals surface area (Å²) in [6.07, 6.45) is -9.66. The fraction of sp³-hybridized carbons (Fsp3) is 0.217. The van der Waals surface area contributed by atoms with E-state index >= 15 is 0 Å². The number of nitrogens with one attached hydrogen (secondary N) is 1. The van der Waals surface area contributed by atoms with Gasteiger partial charge < -0.3 is 0 Å². The minimum Gasteiger partial charge on any atom is -0.282 e. The summed E-state index contributed by atoms with van der Waals surface area (Å²) in [5.41, 5.74) is -1.77. The second-order valence-electron chi connectivity index (χ2n) is 7.65. The van der Waals surface area contributed by atoms with E-state index in [4.69, 9.17) is 0 Å². The molecular formula is C23H13F6N5. The number of benzene rings is 2. The van der Waals surface area contributed by atoms with Crippen molar-refractivity contribution in [3.63, 3.8) is 0 Å². The van der Waals surface area contributed by atoms with Crippen molar-refractivity contribution in [3.8, 4) is 12.1 Å². The number of aromatic amines is 1. The van der Waals surface area contributed by atoms with E-state index in [0.717, 1.165) is 12.1 Å². The highest BCUT2D eigenvalue weighted by Crippen LogP contribution is 2.45. The molecule has 11 heteroatoms. The third-order valence-corrected chi connectivity index (χ3v) is 5.59. The molecule has 2 atom stereocenters. The lowest BCUT2D eigenvalue weighted by Crippen LogP contribution is -2.36. The Morgan fingerprint density at radius 1 is 0.941 bits per heavy atom. The molecule has 0 radical (unpaired) electrons. The summed E-state index contributed by atoms with van der Waals surface area (Å²) in [5, 5.41) is 27.0. The molecule has 0 aliphatic carbocycles. The molecule has 34 heavy (non-hydrogen) atoms. The lowest BCUT2D eigenvalue weighted by atomic mass is 9.75. The predicted octanol–water partition coefficient (Wildman–Crippen LogP) is 6.07. The lowest BCUT2D eigenvalue weighted by Gasteiger charge is -2.30. The highest BCUT2D eigenvalue weighted by Gasteiger charge is 2.48. The summed E-state index contributed by atoms with van der Waals surface area (Å²) in [6.45, 7) is 1.71. The normalized spacial score (nSPS) is 19.0. The van der Waals surface area contributed by atoms with Crippen LogP contribution >= 0.6 is 0 Å². The molecule has 2 unspecified atom stereocenters. The molecular weight excluding hydrogens is 460 g/mol. The summed E-state index contributed by atoms with van der Waals surface area (Å²) >= 11 is 0. The predicted molar refractivity (Wildman–Crippen MR) is 110 cm³/mol. The molecule has 1 aliphatic rings. The quantitative estimate of drug-likeness (QED) is 0.459. The van der Waals surface area contributed by atoms with Gasteiger partial charge in [0.15, 0.2) is 0 Å². The fourth-order valence-electron chi connectivity index (χ4n) is 3.97. The minimum atomic E-state index is -5.01. The van der Waals surface area contributed by atoms with Gasteiger partial charge in [-0.05, 0) is 36.8 Å². The van der Waals surface area contributed by atoms with Gasteiger partial charge in [-0.3, -0.25) is 5.10 Å². The van der Waals surface area contributed by atoms with Gasteiger partial charge in [0, 0.05) is 22.6 Å². The van der Waals surface area contributed by atoms with Crippen molar-refractivity contribution < 1.29 is 26.3 Å². The number of fused-ring (bicyclic) bond motifs is 1. The number of nitriles is 2. The van der Waals surface area contributed by atoms with Gasteiger partial charge in [0.2, 0.25) is 0 Å². The van der Waals surface area contributed by atoms with E-state index in [0.29, 0.717) is 28.7 Å². The molecule has 1 N–H and O–H groups in total. The molecule has 172 valence electrons. The zero-order valence-corrected chi connectivity index (χ0v) is 17.3. The average Bonchev–Trinajstić information content (AvgIpc) is 3.16. The monoisotopic (exact) mass is 473 g/mol. The summed E-state index contributed by atoms with van der Waals surface area (Å²) in [6, 6.07) is 11.4. The molecule has 2 aromatic carbocycles. The Kier molecular flexibility index (Phi) is 5.44. The van der Waals surface area contributed by atoms with Gasteiger partial charge >= 0.3 is 12.4 Å². The first-order valence-electron chi connectivity index (χ1n) is 9.77. The zero-order valence-electron chi connectivity index (χ0n) is 17.3. The van der Waals surface area contributed by atoms with Crippen molar-refractivity contribution in [1.29, 1.82) is 10.5 Å². The van der Waals surface area contributed by atoms with Crippen LogP contribution in [0.5, 0.6) is 0 Å². The van der Waals surface area contributed by atoms with Gasteiger partial charge in [0.25, 0.3) is 0 Å². The largest absolute Gasteiger partial charge is 0.430 e. The van der Waals surface area contributed by atoms with Gasteiger partial charge in [-0.1, -0.05) is 18.2 Å². The molecule has 0 bridgehead atoms. The van der Waals surface area contributed by atoms with Crippen LogP contribution in [0.1, 0.15) is 28.3 Å². The molecule has 0 saturated carbocycles. The van der Waals surface area contributed by atoms with E-state index in [9.17, 15) is 36.9 Å². The van der Waals surface area contributed by atoms with Crippen molar-refractivity contribution >= 4 is 22.3 Å². The molecule has 1 aromatic heterocycles. The van der Waals surface area contributed by atoms with E-state index in [2.05, 4.69) is 15.2 Å². The van der Waals surface area contributed by atoms with E-state index < -0.39 is 41.2 Å². The lowest BCUT2D eigenvalue weighted by molar-refractivity contribution is -0.137. The minimum absolute atomic E-state index is 0.103. The molecule has 4 rings (SSSR count). The number of hydrogen-bond acceptors (Lipinski definition) is 4. The number of nitrogens with zero attached hydrogens (tertiary/aromatic N) is 4. The SMILES string of the molecule is Cc1[nH]nc2ccc(C3C(C#N)=C(c4ccc(C(F)(F)F)cc4)N=C(C(F)(F)F)C3C#N)cc12. The molecule has 0 spiro atoms. The van der Waals surface area contributed by atoms with Gasteiger partial charge in [-0.2, -0.15) is 42.0 Å². The first-order valence-corrected chi connectivity index (χ1v) is 9.77. The van der Waals surface area contributed by atoms with Crippen LogP contribution in [0.2, 0.25) is 0 Å². The van der Waals surface area contributed by atoms with E-state index in [1.54, 1.807) is 25.1 Å². The Bertz CT molecular complexity index is 1410. The second kappa shape index (κ2) is 8.03. The van der Waals surface area contributed by atoms with Gasteiger partial charge in [0.1, 0.15) is 11.6 Å². The maximum absolute atomic E-state index is 13.9. The number of H-pyrrole nitrogens is 1. The van der Waals surface area contributed by atoms with Crippen molar-refractivity contribution in [3.05, 3.63) is 70.4 Å². The number of aryl methyl sites for hydroxylation is 1. The topological polar surface area (TPSA) is 88.6 Å². The first kappa shape index (κ1) is 23.1. The van der Waals surface area contributed by atoms with Crippen LogP contribution in [0.3, 0.4) is 0 Å². The van der Waals surface area contributed by atoms with Gasteiger partial charge in [-0.15, -0.1) is 0 Å². The van der Waals surface area contributed by atoms with Crippen LogP contribution in [0.4, 0.5) is 26.3 Å². The number of hydrogen-bond donors (Lipinski definition) is 1. The molecule has 1 aliphatic heterocycles. The van der Waals surface area contributed by atoms with Crippen molar-refractivity contribution in [2.24, 2.45) is 10.9 Å². The summed E-state index contributed by atoms with van der Waals surface area (Å²) in [5.74, 6) is -3.18. The summed E-state index contributed by atoms with van der Waals surface area (Å²) in [7, 11) is 0. The van der Waals surface area contributed by atoms with E-state index in [-0.39, 0.29) is 16.7 Å². The van der Waals surface area contributed by atoms with Crippen molar-refractivity contribution in [2.75, 3.05) is 0 Å². The van der Waals surface area contributed by atoms with Crippen molar-refractivity contribution in [1.82, 2.24) is 10.2 Å². The number of aliphatic imine (C=N–C) groups is 1. The summed E-state index contributed by atoms with van der Waals surface area (Å²) in [4.78, 5) is 3.59. The molecule has 2 heterocycles. The zero-order chi connectivity index (χ0) is 24.8. The highest BCUT2D eigenvalue weighted by atomic mass is 19.4. The van der Waals surface area contributed by atoms with Gasteiger partial charge in [-0.25, -0.2) is 4.99 Å². The fourth-order valence-corrected chi connectivity index (χ4v) is 3.97. The first-order chi connectivity index (χ1) is 16.0. The van der Waals surface area contributed by atoms with Gasteiger partial charge in [0.05, 0.1) is 34.5 Å². The average molecular weight is 473 g/mol. The molecule has 3 aromatic rings. The number of rotatable bonds is 2. The smallest absolute Gasteiger partial charge is 0.282 e. The molecule has 0 saturated heterocycles. The standard InChI is InChI=1S/C23H13F6N5/c1-11-15-8-13(4-7-18(15)34-33-11)19-16(9-30)20(32-21(17(19)10-31)23(27,28)29)12-2-5-14(6-3-12)22(24,25)26/h2-8,17,19H,1H3,(H,33,34). The third-order valence-electron chi connectivity index (χ3n) is 5.59. The Morgan fingerprint density at radius 3 is 2.18 bits per heavy atom. The highest BCUT2D eigenvalue weighted by molar-refractivity contribution is 6.02. The molecule has 0 amide bonds. The Morgan fingerprint density at radius 2 is 1.62 bits per heavy atom. The van der Waals surface area contributed by atoms with Crippen molar-refractivity contribution in [2.45, 2.75) is 25.2 Å². The Hall–Kier alpha value is -4.12. The van der Waals surface area contributed by atoms with E-state index in [1.165, 1.54) is 6.07 Å². The number of aromatic nitrogens is 2. The number of alkyl halides is 6. The maximum atomic E-state index is 13.9. The number of halogens is 6. The third kappa shape index (κ3) is 3.90. The number of allylic oxidation sites excluding steroid dienone is 1.